The molecule has 2 aromatic rings. The molecule has 0 amide bonds. The van der Waals surface area contributed by atoms with Crippen LogP contribution in [0.25, 0.3) is 0 Å². The predicted octanol–water partition coefficient (Wildman–Crippen LogP) is 2.32. The summed E-state index contributed by atoms with van der Waals surface area (Å²) in [7, 11) is 0. The number of aliphatic hydroxyl groups excluding tert-OH is 1. The van der Waals surface area contributed by atoms with E-state index in [4.69, 9.17) is 4.74 Å². The number of β-amino-alcohol motifs (C(OH)–C–C–N with tert-alkyl or cyclic N) is 1. The summed E-state index contributed by atoms with van der Waals surface area (Å²) in [5, 5.41) is 17.6. The number of nitrogens with zero attached hydrogens (tertiary/aromatic N) is 2. The van der Waals surface area contributed by atoms with Gasteiger partial charge in [0.05, 0.1) is 11.8 Å². The third-order valence-electron chi connectivity index (χ3n) is 4.38. The zero-order chi connectivity index (χ0) is 16.9. The Labute approximate surface area is 143 Å². The van der Waals surface area contributed by atoms with Gasteiger partial charge in [-0.05, 0) is 37.1 Å². The van der Waals surface area contributed by atoms with Crippen LogP contribution in [0.4, 0.5) is 0 Å². The number of ether oxygens (including phenoxy) is 1. The number of nitrogens with one attached hydrogen (secondary N) is 1. The first kappa shape index (κ1) is 16.7. The molecule has 0 aliphatic carbocycles. The molecule has 1 aliphatic rings. The van der Waals surface area contributed by atoms with Crippen molar-refractivity contribution < 1.29 is 9.84 Å². The molecular weight excluding hydrogens is 302 g/mol. The standard InChI is InChI=1S/C19H25N3O2/c1-3-7-24-18-6-4-5-15(9-18)11-22-12-16(19(23)13-22)10-17-8-14(2)20-21-17/h3-6,8-9,16,19,23H,1,7,10-13H2,2H3,(H,20,21)/t16-,19-/m1/s1. The average Bonchev–Trinajstić information content (AvgIpc) is 3.12. The molecule has 24 heavy (non-hydrogen) atoms. The fourth-order valence-electron chi connectivity index (χ4n) is 3.27. The summed E-state index contributed by atoms with van der Waals surface area (Å²) in [5.74, 6) is 1.09. The molecule has 0 spiro atoms. The first-order valence-corrected chi connectivity index (χ1v) is 8.38. The molecule has 1 fully saturated rings. The van der Waals surface area contributed by atoms with E-state index in [0.717, 1.165) is 36.6 Å². The van der Waals surface area contributed by atoms with E-state index in [0.29, 0.717) is 13.2 Å². The van der Waals surface area contributed by atoms with Crippen molar-refractivity contribution in [2.75, 3.05) is 19.7 Å². The van der Waals surface area contributed by atoms with Gasteiger partial charge in [-0.2, -0.15) is 5.10 Å². The van der Waals surface area contributed by atoms with Crippen LogP contribution in [0, 0.1) is 12.8 Å². The van der Waals surface area contributed by atoms with E-state index < -0.39 is 0 Å². The fourth-order valence-corrected chi connectivity index (χ4v) is 3.27. The molecule has 2 atom stereocenters. The molecule has 0 unspecified atom stereocenters. The van der Waals surface area contributed by atoms with Gasteiger partial charge in [0.2, 0.25) is 0 Å². The zero-order valence-corrected chi connectivity index (χ0v) is 14.1. The Morgan fingerprint density at radius 1 is 1.42 bits per heavy atom. The number of likely N-dealkylation sites (tertiary alicyclic amines) is 1. The van der Waals surface area contributed by atoms with Crippen LogP contribution in [0.15, 0.2) is 43.0 Å². The van der Waals surface area contributed by atoms with Gasteiger partial charge in [-0.25, -0.2) is 0 Å². The predicted molar refractivity (Wildman–Crippen MR) is 93.9 cm³/mol. The molecule has 3 rings (SSSR count). The van der Waals surface area contributed by atoms with Gasteiger partial charge in [0.15, 0.2) is 0 Å². The molecule has 128 valence electrons. The molecule has 5 heteroatoms. The molecule has 1 aromatic carbocycles. The third kappa shape index (κ3) is 4.24. The van der Waals surface area contributed by atoms with Gasteiger partial charge in [-0.3, -0.25) is 10.00 Å². The lowest BCUT2D eigenvalue weighted by Crippen LogP contribution is -2.21. The third-order valence-corrected chi connectivity index (χ3v) is 4.38. The molecule has 0 radical (unpaired) electrons. The van der Waals surface area contributed by atoms with Crippen molar-refractivity contribution in [1.82, 2.24) is 15.1 Å². The van der Waals surface area contributed by atoms with Gasteiger partial charge in [0.1, 0.15) is 12.4 Å². The normalized spacial score (nSPS) is 21.1. The molecule has 2 heterocycles. The van der Waals surface area contributed by atoms with Crippen LogP contribution < -0.4 is 4.74 Å². The minimum atomic E-state index is -0.304. The van der Waals surface area contributed by atoms with Gasteiger partial charge in [-0.15, -0.1) is 0 Å². The second-order valence-corrected chi connectivity index (χ2v) is 6.52. The highest BCUT2D eigenvalue weighted by Gasteiger charge is 2.31. The lowest BCUT2D eigenvalue weighted by molar-refractivity contribution is 0.140. The molecule has 5 nitrogen and oxygen atoms in total. The first-order chi connectivity index (χ1) is 11.6. The fraction of sp³-hybridized carbons (Fsp3) is 0.421. The molecular formula is C19H25N3O2. The van der Waals surface area contributed by atoms with Crippen LogP contribution in [0.3, 0.4) is 0 Å². The number of rotatable bonds is 7. The van der Waals surface area contributed by atoms with Crippen molar-refractivity contribution in [1.29, 1.82) is 0 Å². The van der Waals surface area contributed by atoms with E-state index >= 15 is 0 Å². The Kier molecular flexibility index (Phi) is 5.33. The van der Waals surface area contributed by atoms with E-state index in [-0.39, 0.29) is 12.0 Å². The number of H-pyrrole nitrogens is 1. The van der Waals surface area contributed by atoms with Crippen molar-refractivity contribution in [3.8, 4) is 5.75 Å². The Hall–Kier alpha value is -2.11. The zero-order valence-electron chi connectivity index (χ0n) is 14.1. The minimum absolute atomic E-state index is 0.230. The maximum atomic E-state index is 10.4. The van der Waals surface area contributed by atoms with E-state index in [1.54, 1.807) is 6.08 Å². The largest absolute Gasteiger partial charge is 0.490 e. The van der Waals surface area contributed by atoms with Crippen LogP contribution in [0.5, 0.6) is 5.75 Å². The van der Waals surface area contributed by atoms with Crippen LogP contribution in [-0.4, -0.2) is 46.0 Å². The van der Waals surface area contributed by atoms with Crippen LogP contribution in [0.2, 0.25) is 0 Å². The summed E-state index contributed by atoms with van der Waals surface area (Å²) in [6.07, 6.45) is 2.25. The Morgan fingerprint density at radius 3 is 3.04 bits per heavy atom. The number of benzene rings is 1. The summed E-state index contributed by atoms with van der Waals surface area (Å²) >= 11 is 0. The smallest absolute Gasteiger partial charge is 0.120 e. The van der Waals surface area contributed by atoms with E-state index in [1.807, 2.05) is 19.1 Å². The lowest BCUT2D eigenvalue weighted by atomic mass is 10.0. The molecule has 0 saturated carbocycles. The second kappa shape index (κ2) is 7.64. The van der Waals surface area contributed by atoms with E-state index in [2.05, 4.69) is 39.9 Å². The maximum absolute atomic E-state index is 10.4. The number of aromatic amines is 1. The highest BCUT2D eigenvalue weighted by molar-refractivity contribution is 5.28. The summed E-state index contributed by atoms with van der Waals surface area (Å²) < 4.78 is 5.59. The first-order valence-electron chi connectivity index (χ1n) is 8.38. The van der Waals surface area contributed by atoms with Crippen molar-refractivity contribution in [3.05, 3.63) is 59.9 Å². The molecule has 1 aromatic heterocycles. The van der Waals surface area contributed by atoms with Crippen LogP contribution in [0.1, 0.15) is 17.0 Å². The Bertz CT molecular complexity index is 683. The minimum Gasteiger partial charge on any atom is -0.490 e. The van der Waals surface area contributed by atoms with Gasteiger partial charge < -0.3 is 9.84 Å². The lowest BCUT2D eigenvalue weighted by Gasteiger charge is -2.16. The monoisotopic (exact) mass is 327 g/mol. The SMILES string of the molecule is C=CCOc1cccc(CN2C[C@@H](Cc3cc(C)[nH]n3)[C@H](O)C2)c1. The van der Waals surface area contributed by atoms with Gasteiger partial charge in [0, 0.05) is 31.2 Å². The van der Waals surface area contributed by atoms with Gasteiger partial charge in [0.25, 0.3) is 0 Å². The number of aliphatic hydroxyl groups is 1. The number of aryl methyl sites for hydroxylation is 1. The topological polar surface area (TPSA) is 61.4 Å². The highest BCUT2D eigenvalue weighted by atomic mass is 16.5. The Morgan fingerprint density at radius 2 is 2.29 bits per heavy atom. The molecule has 2 N–H and O–H groups in total. The van der Waals surface area contributed by atoms with E-state index in [9.17, 15) is 5.11 Å². The van der Waals surface area contributed by atoms with Crippen molar-refractivity contribution in [3.63, 3.8) is 0 Å². The summed E-state index contributed by atoms with van der Waals surface area (Å²) in [6, 6.07) is 10.2. The maximum Gasteiger partial charge on any atom is 0.120 e. The summed E-state index contributed by atoms with van der Waals surface area (Å²) in [6.45, 7) is 8.57. The van der Waals surface area contributed by atoms with Crippen molar-refractivity contribution in [2.24, 2.45) is 5.92 Å². The van der Waals surface area contributed by atoms with Crippen LogP contribution >= 0.6 is 0 Å². The Balaban J connectivity index is 1.57. The molecule has 1 aliphatic heterocycles. The van der Waals surface area contributed by atoms with Crippen LogP contribution in [-0.2, 0) is 13.0 Å². The summed E-state index contributed by atoms with van der Waals surface area (Å²) in [5.41, 5.74) is 3.28. The van der Waals surface area contributed by atoms with Crippen molar-refractivity contribution in [2.45, 2.75) is 26.0 Å². The second-order valence-electron chi connectivity index (χ2n) is 6.52. The molecule has 1 saturated heterocycles. The highest BCUT2D eigenvalue weighted by Crippen LogP contribution is 2.24. The number of hydrogen-bond acceptors (Lipinski definition) is 4. The van der Waals surface area contributed by atoms with Crippen molar-refractivity contribution >= 4 is 0 Å². The van der Waals surface area contributed by atoms with Gasteiger partial charge >= 0.3 is 0 Å². The summed E-state index contributed by atoms with van der Waals surface area (Å²) in [4.78, 5) is 2.29. The average molecular weight is 327 g/mol. The number of aromatic nitrogens is 2. The quantitative estimate of drug-likeness (QED) is 0.766. The van der Waals surface area contributed by atoms with Gasteiger partial charge in [-0.1, -0.05) is 24.8 Å². The van der Waals surface area contributed by atoms with E-state index in [1.165, 1.54) is 5.56 Å². The molecule has 0 bridgehead atoms. The number of hydrogen-bond donors (Lipinski definition) is 2.